The Labute approximate surface area is 118 Å². The smallest absolute Gasteiger partial charge is 0.243 e. The molecule has 0 unspecified atom stereocenters. The van der Waals surface area contributed by atoms with Crippen LogP contribution in [0.5, 0.6) is 5.88 Å². The van der Waals surface area contributed by atoms with Crippen molar-refractivity contribution in [2.24, 2.45) is 11.7 Å². The van der Waals surface area contributed by atoms with Gasteiger partial charge < -0.3 is 15.0 Å². The molecule has 6 heteroatoms. The summed E-state index contributed by atoms with van der Waals surface area (Å²) < 4.78 is 10.3. The second-order valence-corrected chi connectivity index (χ2v) is 4.85. The first-order valence-electron chi connectivity index (χ1n) is 6.71. The van der Waals surface area contributed by atoms with Gasteiger partial charge in [0.15, 0.2) is 5.82 Å². The number of hydrogen-bond donors (Lipinski definition) is 1. The van der Waals surface area contributed by atoms with E-state index in [1.165, 1.54) is 0 Å². The molecule has 6 nitrogen and oxygen atoms in total. The molecular formula is C14H20N4O2. The summed E-state index contributed by atoms with van der Waals surface area (Å²) in [6.07, 6.45) is 3.28. The number of ether oxygens (including phenoxy) is 1. The molecule has 0 spiro atoms. The minimum atomic E-state index is -0.213. The molecule has 0 aliphatic rings. The number of methoxy groups -OCH3 is 1. The van der Waals surface area contributed by atoms with Crippen LogP contribution in [0.3, 0.4) is 0 Å². The van der Waals surface area contributed by atoms with Crippen molar-refractivity contribution < 1.29 is 9.26 Å². The predicted octanol–water partition coefficient (Wildman–Crippen LogP) is 2.11. The molecule has 0 aliphatic carbocycles. The van der Waals surface area contributed by atoms with Gasteiger partial charge in [0, 0.05) is 18.7 Å². The minimum absolute atomic E-state index is 0.213. The van der Waals surface area contributed by atoms with E-state index in [1.54, 1.807) is 19.4 Å². The van der Waals surface area contributed by atoms with E-state index in [-0.39, 0.29) is 6.04 Å². The Hall–Kier alpha value is -1.95. The quantitative estimate of drug-likeness (QED) is 0.869. The fourth-order valence-corrected chi connectivity index (χ4v) is 1.79. The van der Waals surface area contributed by atoms with Gasteiger partial charge in [-0.15, -0.1) is 0 Å². The first-order valence-corrected chi connectivity index (χ1v) is 6.71. The molecule has 0 bridgehead atoms. The van der Waals surface area contributed by atoms with Crippen molar-refractivity contribution in [1.82, 2.24) is 15.1 Å². The normalized spacial score (nSPS) is 14.0. The largest absolute Gasteiger partial charge is 0.481 e. The van der Waals surface area contributed by atoms with Gasteiger partial charge in [-0.05, 0) is 11.5 Å². The lowest BCUT2D eigenvalue weighted by molar-refractivity contribution is 0.310. The molecule has 0 saturated heterocycles. The Bertz CT molecular complexity index is 538. The Morgan fingerprint density at radius 1 is 1.40 bits per heavy atom. The maximum atomic E-state index is 6.07. The van der Waals surface area contributed by atoms with Crippen molar-refractivity contribution >= 4 is 0 Å². The van der Waals surface area contributed by atoms with E-state index >= 15 is 0 Å². The van der Waals surface area contributed by atoms with Gasteiger partial charge >= 0.3 is 0 Å². The third-order valence-electron chi connectivity index (χ3n) is 3.39. The SMILES string of the molecule is CC[C@H](C)[C@H](N)c1nc(Cc2ccc(OC)nc2)no1. The van der Waals surface area contributed by atoms with Crippen molar-refractivity contribution in [2.75, 3.05) is 7.11 Å². The summed E-state index contributed by atoms with van der Waals surface area (Å²) in [6.45, 7) is 4.16. The van der Waals surface area contributed by atoms with Crippen molar-refractivity contribution in [3.8, 4) is 5.88 Å². The van der Waals surface area contributed by atoms with Crippen LogP contribution in [0.4, 0.5) is 0 Å². The first kappa shape index (κ1) is 14.5. The van der Waals surface area contributed by atoms with Crippen LogP contribution in [0.25, 0.3) is 0 Å². The van der Waals surface area contributed by atoms with Crippen LogP contribution in [0.1, 0.15) is 43.6 Å². The number of hydrogen-bond acceptors (Lipinski definition) is 6. The van der Waals surface area contributed by atoms with Crippen LogP contribution in [0.2, 0.25) is 0 Å². The molecule has 0 radical (unpaired) electrons. The number of nitrogens with zero attached hydrogens (tertiary/aromatic N) is 3. The van der Waals surface area contributed by atoms with E-state index < -0.39 is 0 Å². The molecule has 2 aromatic rings. The highest BCUT2D eigenvalue weighted by Crippen LogP contribution is 2.20. The highest BCUT2D eigenvalue weighted by molar-refractivity contribution is 5.20. The molecule has 2 N–H and O–H groups in total. The van der Waals surface area contributed by atoms with E-state index in [1.807, 2.05) is 6.07 Å². The van der Waals surface area contributed by atoms with Gasteiger partial charge in [-0.2, -0.15) is 4.98 Å². The maximum absolute atomic E-state index is 6.07. The summed E-state index contributed by atoms with van der Waals surface area (Å²) in [6, 6.07) is 3.52. The standard InChI is InChI=1S/C14H20N4O2/c1-4-9(2)13(15)14-17-11(18-20-14)7-10-5-6-12(19-3)16-8-10/h5-6,8-9,13H,4,7,15H2,1-3H3/t9-,13-/m0/s1. The van der Waals surface area contributed by atoms with E-state index in [9.17, 15) is 0 Å². The van der Waals surface area contributed by atoms with E-state index in [4.69, 9.17) is 15.0 Å². The van der Waals surface area contributed by atoms with Crippen LogP contribution in [-0.2, 0) is 6.42 Å². The van der Waals surface area contributed by atoms with Gasteiger partial charge in [0.1, 0.15) is 0 Å². The molecule has 2 aromatic heterocycles. The molecule has 108 valence electrons. The summed E-state index contributed by atoms with van der Waals surface area (Å²) in [7, 11) is 1.59. The van der Waals surface area contributed by atoms with Crippen LogP contribution in [-0.4, -0.2) is 22.2 Å². The lowest BCUT2D eigenvalue weighted by Crippen LogP contribution is -2.18. The number of aromatic nitrogens is 3. The number of nitrogens with two attached hydrogens (primary N) is 1. The van der Waals surface area contributed by atoms with Crippen LogP contribution in [0, 0.1) is 5.92 Å². The zero-order valence-corrected chi connectivity index (χ0v) is 12.0. The summed E-state index contributed by atoms with van der Waals surface area (Å²) in [5, 5.41) is 3.97. The molecule has 0 aromatic carbocycles. The first-order chi connectivity index (χ1) is 9.63. The average Bonchev–Trinajstić information content (AvgIpc) is 2.95. The summed E-state index contributed by atoms with van der Waals surface area (Å²) in [5.74, 6) is 2.01. The van der Waals surface area contributed by atoms with Crippen molar-refractivity contribution in [2.45, 2.75) is 32.7 Å². The van der Waals surface area contributed by atoms with Crippen molar-refractivity contribution in [1.29, 1.82) is 0 Å². The molecule has 0 aliphatic heterocycles. The molecular weight excluding hydrogens is 256 g/mol. The molecule has 20 heavy (non-hydrogen) atoms. The van der Waals surface area contributed by atoms with E-state index in [2.05, 4.69) is 29.0 Å². The molecule has 2 heterocycles. The zero-order chi connectivity index (χ0) is 14.5. The highest BCUT2D eigenvalue weighted by atomic mass is 16.5. The maximum Gasteiger partial charge on any atom is 0.243 e. The third kappa shape index (κ3) is 3.33. The molecule has 0 amide bonds. The Morgan fingerprint density at radius 2 is 2.20 bits per heavy atom. The lowest BCUT2D eigenvalue weighted by Gasteiger charge is -2.12. The van der Waals surface area contributed by atoms with Crippen LogP contribution in [0.15, 0.2) is 22.9 Å². The average molecular weight is 276 g/mol. The number of rotatable bonds is 6. The lowest BCUT2D eigenvalue weighted by atomic mass is 10.0. The second-order valence-electron chi connectivity index (χ2n) is 4.85. The molecule has 2 atom stereocenters. The molecule has 0 fully saturated rings. The topological polar surface area (TPSA) is 87.1 Å². The Kier molecular flexibility index (Phi) is 4.68. The van der Waals surface area contributed by atoms with E-state index in [0.29, 0.717) is 29.9 Å². The molecule has 2 rings (SSSR count). The van der Waals surface area contributed by atoms with Crippen LogP contribution >= 0.6 is 0 Å². The van der Waals surface area contributed by atoms with E-state index in [0.717, 1.165) is 12.0 Å². The van der Waals surface area contributed by atoms with Gasteiger partial charge in [-0.3, -0.25) is 0 Å². The van der Waals surface area contributed by atoms with Gasteiger partial charge in [0.25, 0.3) is 0 Å². The molecule has 0 saturated carbocycles. The van der Waals surface area contributed by atoms with Crippen molar-refractivity contribution in [3.63, 3.8) is 0 Å². The zero-order valence-electron chi connectivity index (χ0n) is 12.0. The fourth-order valence-electron chi connectivity index (χ4n) is 1.79. The Balaban J connectivity index is 2.05. The highest BCUT2D eigenvalue weighted by Gasteiger charge is 2.20. The minimum Gasteiger partial charge on any atom is -0.481 e. The monoisotopic (exact) mass is 276 g/mol. The van der Waals surface area contributed by atoms with Crippen molar-refractivity contribution in [3.05, 3.63) is 35.6 Å². The summed E-state index contributed by atoms with van der Waals surface area (Å²) in [4.78, 5) is 8.50. The van der Waals surface area contributed by atoms with Gasteiger partial charge in [-0.25, -0.2) is 4.98 Å². The van der Waals surface area contributed by atoms with Gasteiger partial charge in [0.05, 0.1) is 13.2 Å². The summed E-state index contributed by atoms with van der Waals surface area (Å²) in [5.41, 5.74) is 7.06. The van der Waals surface area contributed by atoms with Crippen LogP contribution < -0.4 is 10.5 Å². The van der Waals surface area contributed by atoms with Gasteiger partial charge in [-0.1, -0.05) is 31.5 Å². The Morgan fingerprint density at radius 3 is 2.80 bits per heavy atom. The number of pyridine rings is 1. The predicted molar refractivity (Wildman–Crippen MR) is 74.3 cm³/mol. The third-order valence-corrected chi connectivity index (χ3v) is 3.39. The summed E-state index contributed by atoms with van der Waals surface area (Å²) >= 11 is 0. The fraction of sp³-hybridized carbons (Fsp3) is 0.500. The van der Waals surface area contributed by atoms with Gasteiger partial charge in [0.2, 0.25) is 11.8 Å². The second kappa shape index (κ2) is 6.47.